The van der Waals surface area contributed by atoms with E-state index in [0.29, 0.717) is 5.57 Å². The number of Topliss-reactive ketones (excluding diaryl/α,β-unsaturated/α-hetero) is 1. The largest absolute Gasteiger partial charge is 0.448 e. The van der Waals surface area contributed by atoms with Crippen molar-refractivity contribution < 1.29 is 14.3 Å². The molecule has 98 valence electrons. The van der Waals surface area contributed by atoms with E-state index in [0.717, 1.165) is 5.57 Å². The van der Waals surface area contributed by atoms with Gasteiger partial charge in [0.2, 0.25) is 0 Å². The molecule has 0 atom stereocenters. The summed E-state index contributed by atoms with van der Waals surface area (Å²) in [6.07, 6.45) is 0. The number of allylic oxidation sites excluding steroid dienone is 1. The number of carbonyl (C=O) groups excluding carboxylic acids is 2. The zero-order valence-electron chi connectivity index (χ0n) is 12.2. The number of carbonyl (C=O) groups is 2. The third kappa shape index (κ3) is 4.33. The second-order valence-corrected chi connectivity index (χ2v) is 6.08. The van der Waals surface area contributed by atoms with Crippen LogP contribution in [-0.2, 0) is 14.3 Å². The van der Waals surface area contributed by atoms with E-state index in [9.17, 15) is 9.59 Å². The molecule has 0 N–H and O–H groups in total. The van der Waals surface area contributed by atoms with Crippen molar-refractivity contribution in [1.29, 1.82) is 0 Å². The molecule has 0 amide bonds. The van der Waals surface area contributed by atoms with Gasteiger partial charge in [-0.05, 0) is 40.0 Å². The molecule has 0 fully saturated rings. The Hall–Kier alpha value is -1.12. The highest BCUT2D eigenvalue weighted by molar-refractivity contribution is 5.94. The van der Waals surface area contributed by atoms with Gasteiger partial charge in [0, 0.05) is 5.57 Å². The highest BCUT2D eigenvalue weighted by Crippen LogP contribution is 2.30. The third-order valence-electron chi connectivity index (χ3n) is 2.65. The molecular formula is C14H24O3. The second kappa shape index (κ2) is 5.03. The minimum absolute atomic E-state index is 0.159. The lowest BCUT2D eigenvalue weighted by Gasteiger charge is -2.28. The molecule has 0 radical (unpaired) electrons. The van der Waals surface area contributed by atoms with Gasteiger partial charge in [-0.25, -0.2) is 4.79 Å². The molecule has 0 unspecified atom stereocenters. The topological polar surface area (TPSA) is 43.4 Å². The summed E-state index contributed by atoms with van der Waals surface area (Å²) in [6, 6.07) is 0. The van der Waals surface area contributed by atoms with Gasteiger partial charge in [0.05, 0.1) is 0 Å². The number of hydrogen-bond acceptors (Lipinski definition) is 3. The quantitative estimate of drug-likeness (QED) is 0.561. The normalized spacial score (nSPS) is 12.0. The van der Waals surface area contributed by atoms with Crippen LogP contribution >= 0.6 is 0 Å². The minimum atomic E-state index is -1.07. The molecule has 0 aromatic carbocycles. The molecular weight excluding hydrogens is 216 g/mol. The summed E-state index contributed by atoms with van der Waals surface area (Å²) in [4.78, 5) is 23.5. The Kier molecular flexibility index (Phi) is 4.70. The average Bonchev–Trinajstić information content (AvgIpc) is 1.97. The van der Waals surface area contributed by atoms with Crippen LogP contribution in [0.25, 0.3) is 0 Å². The Balaban J connectivity index is 5.20. The first-order valence-electron chi connectivity index (χ1n) is 5.82. The fraction of sp³-hybridized carbons (Fsp3) is 0.714. The van der Waals surface area contributed by atoms with Crippen LogP contribution in [0.1, 0.15) is 55.4 Å². The van der Waals surface area contributed by atoms with E-state index in [2.05, 4.69) is 0 Å². The Labute approximate surface area is 104 Å². The molecule has 0 bridgehead atoms. The fourth-order valence-electron chi connectivity index (χ4n) is 1.61. The van der Waals surface area contributed by atoms with Gasteiger partial charge in [-0.15, -0.1) is 0 Å². The Morgan fingerprint density at radius 3 is 1.53 bits per heavy atom. The van der Waals surface area contributed by atoms with E-state index in [1.54, 1.807) is 13.8 Å². The van der Waals surface area contributed by atoms with Crippen LogP contribution < -0.4 is 0 Å². The highest BCUT2D eigenvalue weighted by Gasteiger charge is 2.33. The molecule has 0 spiro atoms. The van der Waals surface area contributed by atoms with Crippen LogP contribution in [0.4, 0.5) is 0 Å². The zero-order chi connectivity index (χ0) is 14.0. The zero-order valence-corrected chi connectivity index (χ0v) is 12.2. The third-order valence-corrected chi connectivity index (χ3v) is 2.65. The number of hydrogen-bond donors (Lipinski definition) is 0. The van der Waals surface area contributed by atoms with Crippen molar-refractivity contribution in [2.45, 2.75) is 61.0 Å². The Morgan fingerprint density at radius 1 is 0.882 bits per heavy atom. The summed E-state index contributed by atoms with van der Waals surface area (Å²) >= 11 is 0. The standard InChI is InChI=1S/C14H24O3/c1-9(2)11(13(4,5)6)12(16)17-14(7,8)10(3)15/h1-8H3. The summed E-state index contributed by atoms with van der Waals surface area (Å²) in [5, 5.41) is 0. The minimum Gasteiger partial charge on any atom is -0.448 e. The molecule has 0 heterocycles. The summed E-state index contributed by atoms with van der Waals surface area (Å²) in [5.41, 5.74) is 0.194. The van der Waals surface area contributed by atoms with E-state index >= 15 is 0 Å². The van der Waals surface area contributed by atoms with Gasteiger partial charge in [-0.3, -0.25) is 4.79 Å². The van der Waals surface area contributed by atoms with Crippen molar-refractivity contribution in [3.05, 3.63) is 11.1 Å². The van der Waals surface area contributed by atoms with Gasteiger partial charge in [0.15, 0.2) is 11.4 Å². The second-order valence-electron chi connectivity index (χ2n) is 6.08. The lowest BCUT2D eigenvalue weighted by Crippen LogP contribution is -2.37. The van der Waals surface area contributed by atoms with E-state index in [4.69, 9.17) is 4.74 Å². The number of rotatable bonds is 3. The average molecular weight is 240 g/mol. The predicted molar refractivity (Wildman–Crippen MR) is 68.7 cm³/mol. The van der Waals surface area contributed by atoms with Gasteiger partial charge in [0.25, 0.3) is 0 Å². The molecule has 0 aromatic rings. The van der Waals surface area contributed by atoms with E-state index < -0.39 is 11.6 Å². The van der Waals surface area contributed by atoms with Gasteiger partial charge >= 0.3 is 5.97 Å². The maximum absolute atomic E-state index is 12.1. The summed E-state index contributed by atoms with van der Waals surface area (Å²) < 4.78 is 5.30. The SMILES string of the molecule is CC(=O)C(C)(C)OC(=O)C(=C(C)C)C(C)(C)C. The summed E-state index contributed by atoms with van der Waals surface area (Å²) in [7, 11) is 0. The van der Waals surface area contributed by atoms with Crippen molar-refractivity contribution in [3.63, 3.8) is 0 Å². The van der Waals surface area contributed by atoms with Crippen molar-refractivity contribution >= 4 is 11.8 Å². The monoisotopic (exact) mass is 240 g/mol. The van der Waals surface area contributed by atoms with Gasteiger partial charge < -0.3 is 4.74 Å². The molecule has 0 aliphatic rings. The first-order chi connectivity index (χ1) is 7.39. The number of esters is 1. The molecule has 0 aromatic heterocycles. The molecule has 0 rings (SSSR count). The number of ether oxygens (including phenoxy) is 1. The van der Waals surface area contributed by atoms with Crippen LogP contribution in [0, 0.1) is 5.41 Å². The van der Waals surface area contributed by atoms with Gasteiger partial charge in [0.1, 0.15) is 0 Å². The molecule has 17 heavy (non-hydrogen) atoms. The van der Waals surface area contributed by atoms with Gasteiger partial charge in [-0.1, -0.05) is 26.3 Å². The summed E-state index contributed by atoms with van der Waals surface area (Å²) in [6.45, 7) is 14.3. The Bertz CT molecular complexity index is 350. The van der Waals surface area contributed by atoms with Crippen molar-refractivity contribution in [1.82, 2.24) is 0 Å². The van der Waals surface area contributed by atoms with Crippen LogP contribution in [0.15, 0.2) is 11.1 Å². The van der Waals surface area contributed by atoms with Gasteiger partial charge in [-0.2, -0.15) is 0 Å². The van der Waals surface area contributed by atoms with Crippen molar-refractivity contribution in [3.8, 4) is 0 Å². The van der Waals surface area contributed by atoms with E-state index in [1.807, 2.05) is 34.6 Å². The first-order valence-corrected chi connectivity index (χ1v) is 5.82. The van der Waals surface area contributed by atoms with Crippen molar-refractivity contribution in [2.24, 2.45) is 5.41 Å². The van der Waals surface area contributed by atoms with Crippen LogP contribution in [0.5, 0.6) is 0 Å². The lowest BCUT2D eigenvalue weighted by atomic mass is 9.83. The maximum atomic E-state index is 12.1. The smallest absolute Gasteiger partial charge is 0.335 e. The molecule has 3 nitrogen and oxygen atoms in total. The molecule has 0 aliphatic heterocycles. The molecule has 0 saturated heterocycles. The lowest BCUT2D eigenvalue weighted by molar-refractivity contribution is -0.160. The van der Waals surface area contributed by atoms with Crippen LogP contribution in [0.2, 0.25) is 0 Å². The van der Waals surface area contributed by atoms with E-state index in [-0.39, 0.29) is 11.2 Å². The molecule has 3 heteroatoms. The number of ketones is 1. The Morgan fingerprint density at radius 2 is 1.29 bits per heavy atom. The van der Waals surface area contributed by atoms with Crippen LogP contribution in [-0.4, -0.2) is 17.4 Å². The van der Waals surface area contributed by atoms with E-state index in [1.165, 1.54) is 6.92 Å². The summed E-state index contributed by atoms with van der Waals surface area (Å²) in [5.74, 6) is -0.564. The first kappa shape index (κ1) is 15.9. The maximum Gasteiger partial charge on any atom is 0.335 e. The fourth-order valence-corrected chi connectivity index (χ4v) is 1.61. The van der Waals surface area contributed by atoms with Crippen molar-refractivity contribution in [2.75, 3.05) is 0 Å². The molecule has 0 aliphatic carbocycles. The molecule has 0 saturated carbocycles. The highest BCUT2D eigenvalue weighted by atomic mass is 16.6. The predicted octanol–water partition coefficient (Wildman–Crippen LogP) is 3.28. The van der Waals surface area contributed by atoms with Crippen LogP contribution in [0.3, 0.4) is 0 Å².